The van der Waals surface area contributed by atoms with Crippen molar-refractivity contribution in [2.24, 2.45) is 0 Å². The second kappa shape index (κ2) is 5.95. The van der Waals surface area contributed by atoms with E-state index in [4.69, 9.17) is 0 Å². The Kier molecular flexibility index (Phi) is 4.03. The van der Waals surface area contributed by atoms with E-state index in [-0.39, 0.29) is 6.04 Å². The van der Waals surface area contributed by atoms with Gasteiger partial charge in [-0.2, -0.15) is 4.98 Å². The minimum atomic E-state index is 0.121. The molecule has 3 rings (SSSR count). The second-order valence-corrected chi connectivity index (χ2v) is 6.54. The lowest BCUT2D eigenvalue weighted by molar-refractivity contribution is 0.857. The van der Waals surface area contributed by atoms with Crippen molar-refractivity contribution in [3.05, 3.63) is 27.5 Å². The van der Waals surface area contributed by atoms with Gasteiger partial charge in [0.25, 0.3) is 0 Å². The molecule has 0 radical (unpaired) electrons. The van der Waals surface area contributed by atoms with Gasteiger partial charge in [-0.3, -0.25) is 0 Å². The molecule has 0 aliphatic heterocycles. The van der Waals surface area contributed by atoms with Crippen molar-refractivity contribution in [2.75, 3.05) is 17.2 Å². The third-order valence-corrected chi connectivity index (χ3v) is 4.97. The summed E-state index contributed by atoms with van der Waals surface area (Å²) in [4.78, 5) is 14.6. The average molecular weight is 319 g/mol. The van der Waals surface area contributed by atoms with Crippen LogP contribution in [0.3, 0.4) is 0 Å². The van der Waals surface area contributed by atoms with Crippen molar-refractivity contribution in [3.8, 4) is 0 Å². The summed E-state index contributed by atoms with van der Waals surface area (Å²) in [5.41, 5.74) is 1.06. The van der Waals surface area contributed by atoms with Crippen LogP contribution in [0.25, 0.3) is 10.2 Å². The Bertz CT molecular complexity index is 749. The number of fused-ring (bicyclic) bond motifs is 1. The number of nitrogens with one attached hydrogen (secondary N) is 2. The van der Waals surface area contributed by atoms with Gasteiger partial charge in [-0.15, -0.1) is 22.7 Å². The molecule has 7 heteroatoms. The number of nitrogens with zero attached hydrogens (tertiary/aromatic N) is 3. The third kappa shape index (κ3) is 2.98. The van der Waals surface area contributed by atoms with Gasteiger partial charge in [0.05, 0.1) is 11.4 Å². The summed E-state index contributed by atoms with van der Waals surface area (Å²) in [7, 11) is 0. The molecule has 0 spiro atoms. The van der Waals surface area contributed by atoms with E-state index < -0.39 is 0 Å². The van der Waals surface area contributed by atoms with E-state index in [1.807, 2.05) is 19.2 Å². The number of aryl methyl sites for hydroxylation is 1. The van der Waals surface area contributed by atoms with Crippen LogP contribution >= 0.6 is 22.7 Å². The molecule has 0 bridgehead atoms. The highest BCUT2D eigenvalue weighted by molar-refractivity contribution is 7.16. The predicted octanol–water partition coefficient (Wildman–Crippen LogP) is 4.06. The first kappa shape index (κ1) is 14.2. The molecule has 0 saturated heterocycles. The summed E-state index contributed by atoms with van der Waals surface area (Å²) in [6.45, 7) is 6.96. The number of anilines is 2. The van der Waals surface area contributed by atoms with Crippen LogP contribution in [0.4, 0.5) is 11.8 Å². The van der Waals surface area contributed by atoms with Gasteiger partial charge in [-0.05, 0) is 32.2 Å². The molecule has 3 aromatic heterocycles. The maximum absolute atomic E-state index is 4.59. The van der Waals surface area contributed by atoms with Crippen LogP contribution < -0.4 is 10.6 Å². The summed E-state index contributed by atoms with van der Waals surface area (Å²) < 4.78 is 0. The van der Waals surface area contributed by atoms with Gasteiger partial charge in [-0.25, -0.2) is 9.97 Å². The fourth-order valence-corrected chi connectivity index (χ4v) is 3.61. The molecule has 21 heavy (non-hydrogen) atoms. The minimum Gasteiger partial charge on any atom is -0.360 e. The Morgan fingerprint density at radius 2 is 2.10 bits per heavy atom. The summed E-state index contributed by atoms with van der Waals surface area (Å²) in [6, 6.07) is 2.17. The number of aromatic nitrogens is 3. The van der Waals surface area contributed by atoms with Crippen LogP contribution in [0.5, 0.6) is 0 Å². The molecule has 3 aromatic rings. The van der Waals surface area contributed by atoms with Crippen LogP contribution in [-0.2, 0) is 0 Å². The molecule has 3 heterocycles. The maximum Gasteiger partial charge on any atom is 0.226 e. The number of thiazole rings is 1. The van der Waals surface area contributed by atoms with Crippen LogP contribution in [0.2, 0.25) is 0 Å². The molecule has 0 fully saturated rings. The zero-order valence-electron chi connectivity index (χ0n) is 12.2. The molecule has 0 amide bonds. The van der Waals surface area contributed by atoms with Gasteiger partial charge in [0.2, 0.25) is 5.95 Å². The third-order valence-electron chi connectivity index (χ3n) is 3.02. The minimum absolute atomic E-state index is 0.121. The van der Waals surface area contributed by atoms with Crippen LogP contribution in [0.15, 0.2) is 16.8 Å². The molecule has 5 nitrogen and oxygen atoms in total. The molecule has 110 valence electrons. The van der Waals surface area contributed by atoms with E-state index in [9.17, 15) is 0 Å². The van der Waals surface area contributed by atoms with Gasteiger partial charge in [0.1, 0.15) is 15.7 Å². The quantitative estimate of drug-likeness (QED) is 0.742. The van der Waals surface area contributed by atoms with Crippen LogP contribution in [-0.4, -0.2) is 21.5 Å². The van der Waals surface area contributed by atoms with Gasteiger partial charge in [-0.1, -0.05) is 0 Å². The number of hydrogen-bond acceptors (Lipinski definition) is 7. The number of hydrogen-bond donors (Lipinski definition) is 2. The Hall–Kier alpha value is -1.73. The topological polar surface area (TPSA) is 62.7 Å². The van der Waals surface area contributed by atoms with Gasteiger partial charge in [0, 0.05) is 17.6 Å². The molecular formula is C14H17N5S2. The van der Waals surface area contributed by atoms with E-state index >= 15 is 0 Å². The predicted molar refractivity (Wildman–Crippen MR) is 90.5 cm³/mol. The molecule has 1 unspecified atom stereocenters. The standard InChI is InChI=1S/C14H17N5S2/c1-4-15-14-18-11(10-5-6-20-13(10)19-14)17-9(3)12-16-8(2)7-21-12/h5-7,9H,4H2,1-3H3,(H2,15,17,18,19). The van der Waals surface area contributed by atoms with E-state index in [0.29, 0.717) is 5.95 Å². The van der Waals surface area contributed by atoms with Crippen LogP contribution in [0.1, 0.15) is 30.6 Å². The number of thiophene rings is 1. The van der Waals surface area contributed by atoms with Gasteiger partial charge >= 0.3 is 0 Å². The van der Waals surface area contributed by atoms with Crippen molar-refractivity contribution in [2.45, 2.75) is 26.8 Å². The van der Waals surface area contributed by atoms with E-state index in [1.165, 1.54) is 0 Å². The zero-order valence-corrected chi connectivity index (χ0v) is 13.8. The van der Waals surface area contributed by atoms with Crippen molar-refractivity contribution in [3.63, 3.8) is 0 Å². The molecule has 1 atom stereocenters. The Morgan fingerprint density at radius 1 is 1.24 bits per heavy atom. The highest BCUT2D eigenvalue weighted by Crippen LogP contribution is 2.29. The van der Waals surface area contributed by atoms with E-state index in [1.54, 1.807) is 22.7 Å². The van der Waals surface area contributed by atoms with E-state index in [2.05, 4.69) is 44.0 Å². The Morgan fingerprint density at radius 3 is 2.81 bits per heavy atom. The van der Waals surface area contributed by atoms with Crippen LogP contribution in [0, 0.1) is 6.92 Å². The first-order valence-electron chi connectivity index (χ1n) is 6.85. The summed E-state index contributed by atoms with van der Waals surface area (Å²) in [6.07, 6.45) is 0. The smallest absolute Gasteiger partial charge is 0.226 e. The van der Waals surface area contributed by atoms with Gasteiger partial charge in [0.15, 0.2) is 0 Å². The molecule has 0 aliphatic rings. The Labute approximate surface area is 131 Å². The molecular weight excluding hydrogens is 302 g/mol. The van der Waals surface area contributed by atoms with Crippen molar-refractivity contribution < 1.29 is 0 Å². The summed E-state index contributed by atoms with van der Waals surface area (Å²) in [5.74, 6) is 1.52. The van der Waals surface area contributed by atoms with Crippen molar-refractivity contribution >= 4 is 44.7 Å². The van der Waals surface area contributed by atoms with Gasteiger partial charge < -0.3 is 10.6 Å². The van der Waals surface area contributed by atoms with Crippen molar-refractivity contribution in [1.29, 1.82) is 0 Å². The SMILES string of the molecule is CCNc1nc(NC(C)c2nc(C)cs2)c2ccsc2n1. The molecule has 0 aliphatic carbocycles. The lowest BCUT2D eigenvalue weighted by Crippen LogP contribution is -2.10. The molecule has 0 aromatic carbocycles. The first-order valence-corrected chi connectivity index (χ1v) is 8.61. The Balaban J connectivity index is 1.93. The first-order chi connectivity index (χ1) is 10.2. The fourth-order valence-electron chi connectivity index (χ4n) is 2.04. The normalized spacial score (nSPS) is 12.5. The average Bonchev–Trinajstić information content (AvgIpc) is 3.07. The highest BCUT2D eigenvalue weighted by Gasteiger charge is 2.14. The monoisotopic (exact) mass is 319 g/mol. The summed E-state index contributed by atoms with van der Waals surface area (Å²) >= 11 is 3.29. The van der Waals surface area contributed by atoms with Crippen molar-refractivity contribution in [1.82, 2.24) is 15.0 Å². The lowest BCUT2D eigenvalue weighted by Gasteiger charge is -2.14. The molecule has 0 saturated carbocycles. The van der Waals surface area contributed by atoms with E-state index in [0.717, 1.165) is 33.3 Å². The zero-order chi connectivity index (χ0) is 14.8. The maximum atomic E-state index is 4.59. The lowest BCUT2D eigenvalue weighted by atomic mass is 10.3. The summed E-state index contributed by atoms with van der Waals surface area (Å²) in [5, 5.41) is 12.9. The second-order valence-electron chi connectivity index (χ2n) is 4.76. The fraction of sp³-hybridized carbons (Fsp3) is 0.357. The highest BCUT2D eigenvalue weighted by atomic mass is 32.1. The molecule has 2 N–H and O–H groups in total. The number of rotatable bonds is 5. The largest absolute Gasteiger partial charge is 0.360 e.